The van der Waals surface area contributed by atoms with Gasteiger partial charge in [-0.2, -0.15) is 0 Å². The lowest BCUT2D eigenvalue weighted by molar-refractivity contribution is -0.122. The number of carboxylic acid groups (broad SMARTS) is 1. The fraction of sp³-hybridized carbons (Fsp3) is 0.273. The molecule has 0 radical (unpaired) electrons. The van der Waals surface area contributed by atoms with Gasteiger partial charge in [-0.3, -0.25) is 15.1 Å². The lowest BCUT2D eigenvalue weighted by atomic mass is 10.3. The van der Waals surface area contributed by atoms with E-state index in [1.54, 1.807) is 6.92 Å². The zero-order chi connectivity index (χ0) is 14.3. The summed E-state index contributed by atoms with van der Waals surface area (Å²) in [6.45, 7) is 1.29. The Kier molecular flexibility index (Phi) is 5.27. The highest BCUT2D eigenvalue weighted by Crippen LogP contribution is 2.10. The molecular formula is C11H12N2O6. The molecule has 1 aromatic heterocycles. The summed E-state index contributed by atoms with van der Waals surface area (Å²) in [5.74, 6) is -1.76. The van der Waals surface area contributed by atoms with Crippen molar-refractivity contribution in [3.8, 4) is 5.75 Å². The number of imide groups is 1. The van der Waals surface area contributed by atoms with Crippen molar-refractivity contribution in [1.82, 2.24) is 10.3 Å². The van der Waals surface area contributed by atoms with E-state index in [4.69, 9.17) is 9.84 Å². The maximum absolute atomic E-state index is 11.2. The minimum atomic E-state index is -1.16. The van der Waals surface area contributed by atoms with Gasteiger partial charge in [0, 0.05) is 6.20 Å². The molecule has 0 aliphatic carbocycles. The van der Waals surface area contributed by atoms with Crippen molar-refractivity contribution < 1.29 is 29.0 Å². The van der Waals surface area contributed by atoms with Gasteiger partial charge in [0.25, 0.3) is 5.91 Å². The topological polar surface area (TPSA) is 115 Å². The molecule has 8 heteroatoms. The Labute approximate surface area is 108 Å². The Hall–Kier alpha value is -2.64. The lowest BCUT2D eigenvalue weighted by Crippen LogP contribution is -2.34. The van der Waals surface area contributed by atoms with Crippen LogP contribution in [0.3, 0.4) is 0 Å². The fourth-order valence-corrected chi connectivity index (χ4v) is 1.08. The Morgan fingerprint density at radius 3 is 2.74 bits per heavy atom. The highest BCUT2D eigenvalue weighted by atomic mass is 16.5. The van der Waals surface area contributed by atoms with E-state index in [0.717, 1.165) is 6.20 Å². The van der Waals surface area contributed by atoms with E-state index >= 15 is 0 Å². The van der Waals surface area contributed by atoms with Crippen molar-refractivity contribution in [3.63, 3.8) is 0 Å². The lowest BCUT2D eigenvalue weighted by Gasteiger charge is -2.06. The van der Waals surface area contributed by atoms with E-state index in [1.165, 1.54) is 12.3 Å². The molecule has 1 heterocycles. The Balaban J connectivity index is 2.48. The number of rotatable bonds is 5. The molecule has 0 bridgehead atoms. The van der Waals surface area contributed by atoms with Crippen molar-refractivity contribution in [3.05, 3.63) is 24.0 Å². The number of pyridine rings is 1. The second-order valence-corrected chi connectivity index (χ2v) is 3.27. The first-order valence-electron chi connectivity index (χ1n) is 5.30. The van der Waals surface area contributed by atoms with E-state index in [0.29, 0.717) is 0 Å². The zero-order valence-corrected chi connectivity index (χ0v) is 10.1. The maximum atomic E-state index is 11.2. The first-order chi connectivity index (χ1) is 9.02. The second-order valence-electron chi connectivity index (χ2n) is 3.27. The van der Waals surface area contributed by atoms with Crippen LogP contribution in [0.25, 0.3) is 0 Å². The number of hydrogen-bond acceptors (Lipinski definition) is 6. The van der Waals surface area contributed by atoms with Crippen LogP contribution in [0.1, 0.15) is 17.3 Å². The van der Waals surface area contributed by atoms with Crippen molar-refractivity contribution in [2.24, 2.45) is 0 Å². The third kappa shape index (κ3) is 5.02. The standard InChI is InChI=1S/C11H12N2O6/c1-2-18-11(17)13-9(14)6-19-8-3-7(10(15)16)4-12-5-8/h3-5H,2,6H2,1H3,(H,15,16)(H,13,14,17). The Bertz CT molecular complexity index is 488. The first-order valence-corrected chi connectivity index (χ1v) is 5.30. The average Bonchev–Trinajstić information content (AvgIpc) is 2.37. The minimum Gasteiger partial charge on any atom is -0.482 e. The van der Waals surface area contributed by atoms with Crippen LogP contribution in [0.4, 0.5) is 4.79 Å². The van der Waals surface area contributed by atoms with E-state index in [2.05, 4.69) is 9.72 Å². The van der Waals surface area contributed by atoms with Crippen molar-refractivity contribution in [2.45, 2.75) is 6.92 Å². The SMILES string of the molecule is CCOC(=O)NC(=O)COc1cncc(C(=O)O)c1. The van der Waals surface area contributed by atoms with Crippen molar-refractivity contribution in [1.29, 1.82) is 0 Å². The molecule has 0 saturated carbocycles. The smallest absolute Gasteiger partial charge is 0.413 e. The minimum absolute atomic E-state index is 0.0664. The number of nitrogens with one attached hydrogen (secondary N) is 1. The van der Waals surface area contributed by atoms with Gasteiger partial charge in [0.1, 0.15) is 5.75 Å². The Morgan fingerprint density at radius 2 is 2.11 bits per heavy atom. The molecule has 102 valence electrons. The van der Waals surface area contributed by atoms with Gasteiger partial charge in [-0.15, -0.1) is 0 Å². The summed E-state index contributed by atoms with van der Waals surface area (Å²) in [7, 11) is 0. The van der Waals surface area contributed by atoms with E-state index < -0.39 is 24.6 Å². The zero-order valence-electron chi connectivity index (χ0n) is 10.1. The summed E-state index contributed by atoms with van der Waals surface area (Å²) in [4.78, 5) is 36.5. The van der Waals surface area contributed by atoms with Gasteiger partial charge in [0.05, 0.1) is 18.4 Å². The number of hydrogen-bond donors (Lipinski definition) is 2. The normalized spacial score (nSPS) is 9.53. The van der Waals surface area contributed by atoms with Crippen LogP contribution in [0.15, 0.2) is 18.5 Å². The highest BCUT2D eigenvalue weighted by Gasteiger charge is 2.10. The predicted molar refractivity (Wildman–Crippen MR) is 61.9 cm³/mol. The van der Waals surface area contributed by atoms with Gasteiger partial charge in [0.15, 0.2) is 6.61 Å². The van der Waals surface area contributed by atoms with Crippen LogP contribution in [0.2, 0.25) is 0 Å². The molecule has 1 rings (SSSR count). The molecule has 0 aromatic carbocycles. The van der Waals surface area contributed by atoms with Gasteiger partial charge < -0.3 is 14.6 Å². The number of nitrogens with zero attached hydrogens (tertiary/aromatic N) is 1. The fourth-order valence-electron chi connectivity index (χ4n) is 1.08. The Morgan fingerprint density at radius 1 is 1.37 bits per heavy atom. The van der Waals surface area contributed by atoms with Crippen LogP contribution < -0.4 is 10.1 Å². The molecular weight excluding hydrogens is 256 g/mol. The number of carboxylic acids is 1. The van der Waals surface area contributed by atoms with Crippen LogP contribution >= 0.6 is 0 Å². The molecule has 2 N–H and O–H groups in total. The van der Waals surface area contributed by atoms with Gasteiger partial charge >= 0.3 is 12.1 Å². The molecule has 0 atom stereocenters. The third-order valence-corrected chi connectivity index (χ3v) is 1.85. The number of carbonyl (C=O) groups excluding carboxylic acids is 2. The van der Waals surface area contributed by atoms with Crippen molar-refractivity contribution in [2.75, 3.05) is 13.2 Å². The highest BCUT2D eigenvalue weighted by molar-refractivity contribution is 5.92. The van der Waals surface area contributed by atoms with Crippen LogP contribution in [-0.2, 0) is 9.53 Å². The summed E-state index contributed by atoms with van der Waals surface area (Å²) in [6.07, 6.45) is 1.53. The maximum Gasteiger partial charge on any atom is 0.413 e. The number of ether oxygens (including phenoxy) is 2. The number of amides is 2. The molecule has 0 aliphatic rings. The molecule has 0 aliphatic heterocycles. The van der Waals surface area contributed by atoms with E-state index in [-0.39, 0.29) is 17.9 Å². The molecule has 0 fully saturated rings. The summed E-state index contributed by atoms with van der Waals surface area (Å²) in [5.41, 5.74) is -0.0664. The number of aromatic carboxylic acids is 1. The molecule has 8 nitrogen and oxygen atoms in total. The van der Waals surface area contributed by atoms with E-state index in [1.807, 2.05) is 5.32 Å². The summed E-state index contributed by atoms with van der Waals surface area (Å²) >= 11 is 0. The van der Waals surface area contributed by atoms with Gasteiger partial charge in [0.2, 0.25) is 0 Å². The molecule has 2 amide bonds. The molecule has 0 saturated heterocycles. The molecule has 0 unspecified atom stereocenters. The summed E-state index contributed by atoms with van der Waals surface area (Å²) < 4.78 is 9.49. The summed E-state index contributed by atoms with van der Waals surface area (Å²) in [6, 6.07) is 1.22. The molecule has 0 spiro atoms. The monoisotopic (exact) mass is 268 g/mol. The van der Waals surface area contributed by atoms with Crippen LogP contribution in [-0.4, -0.2) is 41.3 Å². The van der Waals surface area contributed by atoms with Gasteiger partial charge in [-0.05, 0) is 13.0 Å². The molecule has 1 aromatic rings. The van der Waals surface area contributed by atoms with Crippen LogP contribution in [0, 0.1) is 0 Å². The number of aromatic nitrogens is 1. The summed E-state index contributed by atoms with van der Waals surface area (Å²) in [5, 5.41) is 10.7. The van der Waals surface area contributed by atoms with E-state index in [9.17, 15) is 14.4 Å². The number of carbonyl (C=O) groups is 3. The van der Waals surface area contributed by atoms with Gasteiger partial charge in [-0.1, -0.05) is 0 Å². The van der Waals surface area contributed by atoms with Gasteiger partial charge in [-0.25, -0.2) is 9.59 Å². The number of alkyl carbamates (subject to hydrolysis) is 1. The second kappa shape index (κ2) is 6.94. The quantitative estimate of drug-likeness (QED) is 0.795. The molecule has 19 heavy (non-hydrogen) atoms. The predicted octanol–water partition coefficient (Wildman–Crippen LogP) is 0.431. The third-order valence-electron chi connectivity index (χ3n) is 1.85. The average molecular weight is 268 g/mol. The first kappa shape index (κ1) is 14.4. The van der Waals surface area contributed by atoms with Crippen LogP contribution in [0.5, 0.6) is 5.75 Å². The largest absolute Gasteiger partial charge is 0.482 e. The van der Waals surface area contributed by atoms with Crippen molar-refractivity contribution >= 4 is 18.0 Å².